The number of halogens is 1. The zero-order chi connectivity index (χ0) is 18.1. The van der Waals surface area contributed by atoms with Gasteiger partial charge >= 0.3 is 0 Å². The van der Waals surface area contributed by atoms with Crippen LogP contribution in [0.15, 0.2) is 42.7 Å². The number of H-pyrrole nitrogens is 1. The van der Waals surface area contributed by atoms with Crippen LogP contribution in [-0.4, -0.2) is 26.1 Å². The highest BCUT2D eigenvalue weighted by molar-refractivity contribution is 7.11. The van der Waals surface area contributed by atoms with E-state index < -0.39 is 0 Å². The van der Waals surface area contributed by atoms with Gasteiger partial charge in [0.15, 0.2) is 0 Å². The summed E-state index contributed by atoms with van der Waals surface area (Å²) >= 11 is 7.74. The summed E-state index contributed by atoms with van der Waals surface area (Å²) < 4.78 is 0. The lowest BCUT2D eigenvalue weighted by atomic mass is 10.1. The Balaban J connectivity index is 1.68. The van der Waals surface area contributed by atoms with Gasteiger partial charge < -0.3 is 5.73 Å². The Hall–Kier alpha value is -2.77. The Labute approximate surface area is 158 Å². The molecule has 0 spiro atoms. The van der Waals surface area contributed by atoms with Gasteiger partial charge in [0, 0.05) is 40.3 Å². The van der Waals surface area contributed by atoms with E-state index in [9.17, 15) is 4.79 Å². The normalized spacial score (nSPS) is 11.1. The number of carbonyl (C=O) groups is 1. The minimum Gasteiger partial charge on any atom is -0.369 e. The van der Waals surface area contributed by atoms with Crippen molar-refractivity contribution in [2.24, 2.45) is 5.73 Å². The maximum absolute atomic E-state index is 11.0. The average molecular weight is 384 g/mol. The van der Waals surface area contributed by atoms with Crippen molar-refractivity contribution < 1.29 is 4.79 Å². The van der Waals surface area contributed by atoms with Crippen molar-refractivity contribution in [3.05, 3.63) is 63.3 Å². The van der Waals surface area contributed by atoms with E-state index >= 15 is 0 Å². The van der Waals surface area contributed by atoms with Crippen LogP contribution in [0, 0.1) is 0 Å². The molecule has 1 amide bonds. The van der Waals surface area contributed by atoms with E-state index in [2.05, 4.69) is 20.2 Å². The minimum atomic E-state index is -0.357. The first-order valence-electron chi connectivity index (χ1n) is 7.90. The first-order valence-corrected chi connectivity index (χ1v) is 9.09. The molecule has 6 nitrogen and oxygen atoms in total. The van der Waals surface area contributed by atoms with Crippen molar-refractivity contribution in [3.8, 4) is 11.3 Å². The lowest BCUT2D eigenvalue weighted by Crippen LogP contribution is -2.12. The molecule has 8 heteroatoms. The maximum atomic E-state index is 11.0. The highest BCUT2D eigenvalue weighted by Crippen LogP contribution is 2.29. The van der Waals surface area contributed by atoms with Gasteiger partial charge in [-0.1, -0.05) is 17.7 Å². The van der Waals surface area contributed by atoms with Crippen LogP contribution in [0.25, 0.3) is 22.2 Å². The molecule has 3 N–H and O–H groups in total. The van der Waals surface area contributed by atoms with Gasteiger partial charge in [0.05, 0.1) is 27.7 Å². The molecule has 130 valence electrons. The molecule has 0 aliphatic heterocycles. The fourth-order valence-electron chi connectivity index (χ4n) is 2.78. The number of nitrogens with one attached hydrogen (secondary N) is 1. The molecule has 0 unspecified atom stereocenters. The summed E-state index contributed by atoms with van der Waals surface area (Å²) in [5.41, 5.74) is 8.72. The largest absolute Gasteiger partial charge is 0.369 e. The summed E-state index contributed by atoms with van der Waals surface area (Å²) in [5.74, 6) is -0.357. The Kier molecular flexibility index (Phi) is 4.40. The Bertz CT molecular complexity index is 1100. The van der Waals surface area contributed by atoms with E-state index in [0.717, 1.165) is 37.7 Å². The van der Waals surface area contributed by atoms with Crippen LogP contribution < -0.4 is 5.73 Å². The molecular formula is C18H14ClN5OS. The number of nitrogens with zero attached hydrogens (tertiary/aromatic N) is 3. The van der Waals surface area contributed by atoms with Gasteiger partial charge in [-0.05, 0) is 24.3 Å². The number of pyridine rings is 1. The van der Waals surface area contributed by atoms with Gasteiger partial charge in [-0.3, -0.25) is 14.9 Å². The molecule has 4 rings (SSSR count). The van der Waals surface area contributed by atoms with Gasteiger partial charge in [0.2, 0.25) is 5.91 Å². The van der Waals surface area contributed by atoms with Crippen molar-refractivity contribution in [1.82, 2.24) is 20.2 Å². The molecular weight excluding hydrogens is 370 g/mol. The maximum Gasteiger partial charge on any atom is 0.222 e. The molecule has 0 fully saturated rings. The molecule has 0 saturated heterocycles. The second kappa shape index (κ2) is 6.86. The number of rotatable bonds is 5. The Morgan fingerprint density at radius 1 is 1.27 bits per heavy atom. The van der Waals surface area contributed by atoms with E-state index in [1.165, 1.54) is 11.3 Å². The van der Waals surface area contributed by atoms with Crippen LogP contribution in [-0.2, 0) is 17.6 Å². The number of thiazole rings is 1. The molecule has 0 atom stereocenters. The fourth-order valence-corrected chi connectivity index (χ4v) is 3.95. The van der Waals surface area contributed by atoms with Crippen molar-refractivity contribution >= 4 is 39.7 Å². The Morgan fingerprint density at radius 3 is 2.96 bits per heavy atom. The van der Waals surface area contributed by atoms with E-state index in [1.54, 1.807) is 18.5 Å². The van der Waals surface area contributed by atoms with Gasteiger partial charge in [-0.25, -0.2) is 4.98 Å². The summed E-state index contributed by atoms with van der Waals surface area (Å²) in [6.45, 7) is 0. The van der Waals surface area contributed by atoms with Crippen molar-refractivity contribution in [2.45, 2.75) is 12.8 Å². The van der Waals surface area contributed by atoms with Gasteiger partial charge in [-0.2, -0.15) is 5.10 Å². The first kappa shape index (κ1) is 16.7. The third-order valence-corrected chi connectivity index (χ3v) is 5.25. The van der Waals surface area contributed by atoms with Crippen LogP contribution in [0.4, 0.5) is 0 Å². The smallest absolute Gasteiger partial charge is 0.222 e. The molecule has 0 radical (unpaired) electrons. The predicted octanol–water partition coefficient (Wildman–Crippen LogP) is 3.35. The third-order valence-electron chi connectivity index (χ3n) is 3.94. The van der Waals surface area contributed by atoms with Crippen LogP contribution in [0.1, 0.15) is 15.6 Å². The number of amides is 1. The fraction of sp³-hybridized carbons (Fsp3) is 0.111. The molecule has 0 bridgehead atoms. The van der Waals surface area contributed by atoms with Crippen LogP contribution in [0.5, 0.6) is 0 Å². The topological polar surface area (TPSA) is 97.6 Å². The number of aromatic nitrogens is 4. The molecule has 3 heterocycles. The Morgan fingerprint density at radius 2 is 2.15 bits per heavy atom. The number of fused-ring (bicyclic) bond motifs is 1. The lowest BCUT2D eigenvalue weighted by molar-refractivity contribution is -0.117. The van der Waals surface area contributed by atoms with E-state index in [1.807, 2.05) is 24.3 Å². The number of hydrogen-bond acceptors (Lipinski definition) is 5. The number of primary amides is 1. The van der Waals surface area contributed by atoms with Crippen LogP contribution in [0.3, 0.4) is 0 Å². The van der Waals surface area contributed by atoms with Crippen molar-refractivity contribution in [3.63, 3.8) is 0 Å². The van der Waals surface area contributed by atoms with E-state index in [4.69, 9.17) is 17.3 Å². The molecule has 0 aliphatic rings. The zero-order valence-corrected chi connectivity index (χ0v) is 15.1. The molecule has 3 aromatic heterocycles. The summed E-state index contributed by atoms with van der Waals surface area (Å²) in [4.78, 5) is 20.6. The average Bonchev–Trinajstić information content (AvgIpc) is 3.22. The van der Waals surface area contributed by atoms with Crippen LogP contribution >= 0.6 is 22.9 Å². The summed E-state index contributed by atoms with van der Waals surface area (Å²) in [6, 6.07) is 9.55. The molecule has 1 aromatic carbocycles. The monoisotopic (exact) mass is 383 g/mol. The number of nitrogens with two attached hydrogens (primary N) is 1. The SMILES string of the molecule is NC(=O)Cc1cnc(Cc2[nH]nc3ccc(-c4ncccc4Cl)cc23)s1. The highest BCUT2D eigenvalue weighted by atomic mass is 35.5. The molecule has 26 heavy (non-hydrogen) atoms. The van der Waals surface area contributed by atoms with Gasteiger partial charge in [0.25, 0.3) is 0 Å². The van der Waals surface area contributed by atoms with E-state index in [-0.39, 0.29) is 12.3 Å². The van der Waals surface area contributed by atoms with Crippen molar-refractivity contribution in [2.75, 3.05) is 0 Å². The summed E-state index contributed by atoms with van der Waals surface area (Å²) in [7, 11) is 0. The molecule has 0 saturated carbocycles. The number of hydrogen-bond donors (Lipinski definition) is 2. The number of aromatic amines is 1. The first-order chi connectivity index (χ1) is 12.6. The number of benzene rings is 1. The third kappa shape index (κ3) is 3.31. The van der Waals surface area contributed by atoms with Gasteiger partial charge in [-0.15, -0.1) is 11.3 Å². The standard InChI is InChI=1S/C18H14ClN5OS/c19-13-2-1-5-21-18(13)10-3-4-14-12(6-10)15(24-23-14)8-17-22-9-11(26-17)7-16(20)25/h1-6,9H,7-8H2,(H2,20,25)(H,23,24). The van der Waals surface area contributed by atoms with Gasteiger partial charge in [0.1, 0.15) is 0 Å². The minimum absolute atomic E-state index is 0.212. The number of carbonyl (C=O) groups excluding carboxylic acids is 1. The zero-order valence-electron chi connectivity index (χ0n) is 13.6. The highest BCUT2D eigenvalue weighted by Gasteiger charge is 2.12. The molecule has 4 aromatic rings. The second-order valence-corrected chi connectivity index (χ2v) is 7.42. The lowest BCUT2D eigenvalue weighted by Gasteiger charge is -2.03. The van der Waals surface area contributed by atoms with E-state index in [0.29, 0.717) is 11.4 Å². The summed E-state index contributed by atoms with van der Waals surface area (Å²) in [6.07, 6.45) is 4.23. The van der Waals surface area contributed by atoms with Crippen LogP contribution in [0.2, 0.25) is 5.02 Å². The summed E-state index contributed by atoms with van der Waals surface area (Å²) in [5, 5.41) is 9.93. The second-order valence-electron chi connectivity index (χ2n) is 5.81. The quantitative estimate of drug-likeness (QED) is 0.552. The predicted molar refractivity (Wildman–Crippen MR) is 102 cm³/mol. The molecule has 0 aliphatic carbocycles. The van der Waals surface area contributed by atoms with Crippen molar-refractivity contribution in [1.29, 1.82) is 0 Å².